The molecule has 0 aromatic rings. The molecule has 0 saturated carbocycles. The summed E-state index contributed by atoms with van der Waals surface area (Å²) in [6.07, 6.45) is 8.61. The van der Waals surface area contributed by atoms with Gasteiger partial charge in [-0.05, 0) is 18.7 Å². The summed E-state index contributed by atoms with van der Waals surface area (Å²) in [5.41, 5.74) is 0.646. The predicted molar refractivity (Wildman–Crippen MR) is 78.2 cm³/mol. The minimum absolute atomic E-state index is 0.312. The van der Waals surface area contributed by atoms with Crippen LogP contribution in [0.25, 0.3) is 0 Å². The molecule has 0 spiro atoms. The monoisotopic (exact) mass is 260 g/mol. The van der Waals surface area contributed by atoms with E-state index in [0.717, 1.165) is 6.42 Å². The van der Waals surface area contributed by atoms with Crippen LogP contribution >= 0.6 is 0 Å². The second kappa shape index (κ2) is 9.19. The Morgan fingerprint density at radius 2 is 1.58 bits per heavy atom. The largest absolute Gasteiger partial charge is 0.394 e. The van der Waals surface area contributed by atoms with E-state index in [1.165, 1.54) is 6.42 Å². The van der Waals surface area contributed by atoms with Gasteiger partial charge < -0.3 is 10.1 Å². The Labute approximate surface area is 116 Å². The van der Waals surface area contributed by atoms with E-state index in [1.807, 2.05) is 13.0 Å². The summed E-state index contributed by atoms with van der Waals surface area (Å²) in [5.74, 6) is -0.947. The van der Waals surface area contributed by atoms with Crippen LogP contribution in [0.4, 0.5) is 0 Å². The summed E-state index contributed by atoms with van der Waals surface area (Å²) >= 11 is 0. The smallest absolute Gasteiger partial charge is 0.248 e. The Balaban J connectivity index is 0.000000982. The summed E-state index contributed by atoms with van der Waals surface area (Å²) in [6.45, 7) is 6.20. The molecule has 1 rings (SSSR count). The topological polar surface area (TPSA) is 49.4 Å². The second-order valence-electron chi connectivity index (χ2n) is 3.95. The van der Waals surface area contributed by atoms with Crippen molar-refractivity contribution in [3.05, 3.63) is 35.6 Å². The third-order valence-corrected chi connectivity index (χ3v) is 2.13. The number of amides is 2. The number of imide groups is 1. The molecule has 4 nitrogen and oxygen atoms in total. The van der Waals surface area contributed by atoms with Gasteiger partial charge in [0.1, 0.15) is 0 Å². The van der Waals surface area contributed by atoms with Gasteiger partial charge in [0.2, 0.25) is 19.8 Å². The van der Waals surface area contributed by atoms with Crippen molar-refractivity contribution in [2.45, 2.75) is 33.6 Å². The molecule has 1 aliphatic heterocycles. The maximum atomic E-state index is 11.6. The van der Waals surface area contributed by atoms with Crippen molar-refractivity contribution in [3.8, 4) is 0 Å². The van der Waals surface area contributed by atoms with E-state index in [2.05, 4.69) is 19.2 Å². The lowest BCUT2D eigenvalue weighted by atomic mass is 10.1. The van der Waals surface area contributed by atoms with Gasteiger partial charge in [0.05, 0.1) is 11.1 Å². The molecule has 0 saturated heterocycles. The van der Waals surface area contributed by atoms with Crippen molar-refractivity contribution in [3.63, 3.8) is 0 Å². The Morgan fingerprint density at radius 3 is 2.00 bits per heavy atom. The Kier molecular flexibility index (Phi) is 8.34. The number of nitrogens with zero attached hydrogens (tertiary/aromatic N) is 1. The molecule has 19 heavy (non-hydrogen) atoms. The van der Waals surface area contributed by atoms with E-state index < -0.39 is 11.8 Å². The van der Waals surface area contributed by atoms with Crippen LogP contribution in [0.15, 0.2) is 35.6 Å². The summed E-state index contributed by atoms with van der Waals surface area (Å²) in [7, 11) is 7.06. The zero-order valence-corrected chi connectivity index (χ0v) is 12.1. The predicted octanol–water partition coefficient (Wildman–Crippen LogP) is 1.85. The molecular weight excluding hydrogens is 239 g/mol. The van der Waals surface area contributed by atoms with Gasteiger partial charge >= 0.3 is 0 Å². The molecule has 2 amide bonds. The molecule has 1 heterocycles. The van der Waals surface area contributed by atoms with Gasteiger partial charge in [-0.15, -0.1) is 0 Å². The van der Waals surface area contributed by atoms with Crippen LogP contribution in [-0.4, -0.2) is 31.7 Å². The minimum Gasteiger partial charge on any atom is -0.394 e. The van der Waals surface area contributed by atoms with Gasteiger partial charge in [-0.1, -0.05) is 39.3 Å². The highest BCUT2D eigenvalue weighted by atomic mass is 16.2. The normalized spacial score (nSPS) is 15.5. The molecule has 2 radical (unpaired) electrons. The first-order valence-corrected chi connectivity index (χ1v) is 6.43. The van der Waals surface area contributed by atoms with Gasteiger partial charge in [0.15, 0.2) is 0 Å². The molecule has 0 aliphatic carbocycles. The summed E-state index contributed by atoms with van der Waals surface area (Å²) in [6, 6.07) is 0. The Bertz CT molecular complexity index is 376. The highest BCUT2D eigenvalue weighted by Crippen LogP contribution is 2.21. The van der Waals surface area contributed by atoms with E-state index in [1.54, 1.807) is 25.4 Å². The van der Waals surface area contributed by atoms with E-state index in [4.69, 9.17) is 7.98 Å². The van der Waals surface area contributed by atoms with Crippen LogP contribution in [0.1, 0.15) is 33.6 Å². The van der Waals surface area contributed by atoms with E-state index >= 15 is 0 Å². The van der Waals surface area contributed by atoms with E-state index in [-0.39, 0.29) is 0 Å². The van der Waals surface area contributed by atoms with Gasteiger partial charge in [-0.25, -0.2) is 0 Å². The fraction of sp³-hybridized carbons (Fsp3) is 0.429. The number of carbonyl (C=O) groups is 2. The van der Waals surface area contributed by atoms with Crippen LogP contribution in [-0.2, 0) is 9.59 Å². The number of carbonyl (C=O) groups excluding carboxylic acids is 2. The lowest BCUT2D eigenvalue weighted by Gasteiger charge is -2.05. The first kappa shape index (κ1) is 17.2. The number of hydrogen-bond donors (Lipinski definition) is 1. The Morgan fingerprint density at radius 1 is 1.11 bits per heavy atom. The average molecular weight is 260 g/mol. The van der Waals surface area contributed by atoms with Crippen LogP contribution in [0.3, 0.4) is 0 Å². The molecular formula is C14H21BN2O2. The summed E-state index contributed by atoms with van der Waals surface area (Å²) in [5, 5.41) is 2.76. The SMILES string of the molecule is CCC.[B]N1C(=O)C(/C=C\NC)=C(/C=C/CC)C1=O. The van der Waals surface area contributed by atoms with Crippen LogP contribution in [0.2, 0.25) is 0 Å². The maximum Gasteiger partial charge on any atom is 0.248 e. The Hall–Kier alpha value is -1.78. The third kappa shape index (κ3) is 4.77. The highest BCUT2D eigenvalue weighted by molar-refractivity contribution is 6.36. The quantitative estimate of drug-likeness (QED) is 0.620. The molecule has 5 heteroatoms. The lowest BCUT2D eigenvalue weighted by molar-refractivity contribution is -0.131. The average Bonchev–Trinajstić information content (AvgIpc) is 2.59. The fourth-order valence-corrected chi connectivity index (χ4v) is 1.31. The van der Waals surface area contributed by atoms with Gasteiger partial charge in [-0.2, -0.15) is 0 Å². The van der Waals surface area contributed by atoms with E-state index in [9.17, 15) is 9.59 Å². The number of rotatable bonds is 4. The molecule has 1 N–H and O–H groups in total. The third-order valence-electron chi connectivity index (χ3n) is 2.13. The number of nitrogens with one attached hydrogen (secondary N) is 1. The summed E-state index contributed by atoms with van der Waals surface area (Å²) in [4.78, 5) is 23.8. The molecule has 1 aliphatic rings. The first-order chi connectivity index (χ1) is 9.04. The van der Waals surface area contributed by atoms with Crippen molar-refractivity contribution >= 4 is 19.8 Å². The molecule has 0 atom stereocenters. The zero-order chi connectivity index (χ0) is 14.8. The van der Waals surface area contributed by atoms with Crippen LogP contribution < -0.4 is 5.32 Å². The van der Waals surface area contributed by atoms with Crippen molar-refractivity contribution in [2.75, 3.05) is 7.05 Å². The lowest BCUT2D eigenvalue weighted by Crippen LogP contribution is -2.28. The molecule has 0 bridgehead atoms. The van der Waals surface area contributed by atoms with Gasteiger partial charge in [0.25, 0.3) is 0 Å². The first-order valence-electron chi connectivity index (χ1n) is 6.43. The van der Waals surface area contributed by atoms with Crippen molar-refractivity contribution in [2.24, 2.45) is 0 Å². The van der Waals surface area contributed by atoms with Crippen LogP contribution in [0, 0.1) is 0 Å². The minimum atomic E-state index is -0.479. The number of hydrogen-bond acceptors (Lipinski definition) is 3. The summed E-state index contributed by atoms with van der Waals surface area (Å²) < 4.78 is 0. The highest BCUT2D eigenvalue weighted by Gasteiger charge is 2.31. The molecule has 0 unspecified atom stereocenters. The van der Waals surface area contributed by atoms with Gasteiger partial charge in [-0.3, -0.25) is 9.59 Å². The molecule has 102 valence electrons. The maximum absolute atomic E-state index is 11.6. The van der Waals surface area contributed by atoms with Crippen molar-refractivity contribution in [1.82, 2.24) is 10.1 Å². The molecule has 0 aromatic carbocycles. The molecule has 0 fully saturated rings. The molecule has 0 aromatic heterocycles. The van der Waals surface area contributed by atoms with Crippen molar-refractivity contribution < 1.29 is 9.59 Å². The van der Waals surface area contributed by atoms with E-state index in [0.29, 0.717) is 16.0 Å². The number of allylic oxidation sites excluding steroid dienone is 1. The van der Waals surface area contributed by atoms with Gasteiger partial charge in [0, 0.05) is 7.05 Å². The second-order valence-corrected chi connectivity index (χ2v) is 3.95. The zero-order valence-electron chi connectivity index (χ0n) is 12.1. The standard InChI is InChI=1S/C11H13BN2O2.C3H8/c1-3-4-5-8-9(6-7-13-2)11(16)14(12)10(8)15;1-3-2/h4-7,13H,3H2,1-2H3;3H2,1-2H3/b5-4+,7-6-;. The van der Waals surface area contributed by atoms with Crippen LogP contribution in [0.5, 0.6) is 0 Å². The van der Waals surface area contributed by atoms with Crippen molar-refractivity contribution in [1.29, 1.82) is 0 Å². The fourth-order valence-electron chi connectivity index (χ4n) is 1.31.